The molecule has 0 unspecified atom stereocenters. The molecule has 2 heterocycles. The van der Waals surface area contributed by atoms with Crippen molar-refractivity contribution in [2.45, 2.75) is 12.8 Å². The Bertz CT molecular complexity index is 1400. The van der Waals surface area contributed by atoms with Crippen LogP contribution in [0.2, 0.25) is 0 Å². The van der Waals surface area contributed by atoms with Crippen LogP contribution in [0.5, 0.6) is 11.5 Å². The van der Waals surface area contributed by atoms with Gasteiger partial charge in [0.1, 0.15) is 17.1 Å². The summed E-state index contributed by atoms with van der Waals surface area (Å²) in [5.74, 6) is 6.81. The first-order valence-corrected chi connectivity index (χ1v) is 10.6. The lowest BCUT2D eigenvalue weighted by Crippen LogP contribution is -2.13. The minimum atomic E-state index is -0.406. The molecule has 2 aromatic carbocycles. The Morgan fingerprint density at radius 3 is 2.61 bits per heavy atom. The molecular formula is C26H20N4O3. The number of imidazole rings is 1. The number of nitrogens with zero attached hydrogens (tertiary/aromatic N) is 2. The van der Waals surface area contributed by atoms with Gasteiger partial charge in [0.25, 0.3) is 0 Å². The first kappa shape index (κ1) is 20.3. The average Bonchev–Trinajstić information content (AvgIpc) is 3.59. The summed E-state index contributed by atoms with van der Waals surface area (Å²) in [5.41, 5.74) is 2.05. The fourth-order valence-electron chi connectivity index (χ4n) is 3.25. The number of aromatic nitrogens is 2. The fourth-order valence-corrected chi connectivity index (χ4v) is 3.25. The van der Waals surface area contributed by atoms with E-state index in [9.17, 15) is 9.59 Å². The quantitative estimate of drug-likeness (QED) is 0.452. The molecule has 1 aliphatic carbocycles. The van der Waals surface area contributed by atoms with Crippen LogP contribution in [0.4, 0.5) is 11.5 Å². The molecule has 1 fully saturated rings. The highest BCUT2D eigenvalue weighted by Crippen LogP contribution is 2.30. The number of rotatable bonds is 5. The fraction of sp³-hybridized carbons (Fsp3) is 0.115. The molecule has 7 heteroatoms. The van der Waals surface area contributed by atoms with E-state index in [0.29, 0.717) is 28.7 Å². The number of amides is 2. The summed E-state index contributed by atoms with van der Waals surface area (Å²) >= 11 is 0. The molecule has 2 aromatic heterocycles. The Kier molecular flexibility index (Phi) is 5.48. The van der Waals surface area contributed by atoms with Crippen molar-refractivity contribution in [2.75, 3.05) is 10.6 Å². The molecular weight excluding hydrogens is 416 g/mol. The first-order valence-electron chi connectivity index (χ1n) is 10.6. The molecule has 1 aliphatic rings. The van der Waals surface area contributed by atoms with E-state index in [2.05, 4.69) is 27.5 Å². The van der Waals surface area contributed by atoms with Crippen LogP contribution in [0.25, 0.3) is 5.65 Å². The molecule has 2 amide bonds. The van der Waals surface area contributed by atoms with Crippen molar-refractivity contribution in [3.8, 4) is 23.3 Å². The summed E-state index contributed by atoms with van der Waals surface area (Å²) in [4.78, 5) is 28.5. The van der Waals surface area contributed by atoms with E-state index in [1.165, 1.54) is 0 Å². The zero-order valence-corrected chi connectivity index (χ0v) is 17.6. The monoisotopic (exact) mass is 436 g/mol. The third kappa shape index (κ3) is 5.20. The van der Waals surface area contributed by atoms with Crippen LogP contribution in [-0.2, 0) is 9.59 Å². The number of fused-ring (bicyclic) bond motifs is 1. The number of benzene rings is 2. The number of carbonyl (C=O) groups excluding carboxylic acids is 2. The Morgan fingerprint density at radius 1 is 0.939 bits per heavy atom. The van der Waals surface area contributed by atoms with Crippen LogP contribution in [0.3, 0.4) is 0 Å². The van der Waals surface area contributed by atoms with Gasteiger partial charge in [-0.05, 0) is 49.2 Å². The zero-order valence-electron chi connectivity index (χ0n) is 17.6. The second-order valence-electron chi connectivity index (χ2n) is 7.72. The van der Waals surface area contributed by atoms with Crippen molar-refractivity contribution in [1.82, 2.24) is 9.38 Å². The Hall–Kier alpha value is -4.57. The Balaban J connectivity index is 1.25. The second kappa shape index (κ2) is 8.89. The molecule has 0 atom stereocenters. The SMILES string of the molecule is O=C(C#Cc1ccccc1)Nc1cccc(Oc2ccc3nc(NC(=O)C4CC4)cn3c2)c1. The summed E-state index contributed by atoms with van der Waals surface area (Å²) in [5, 5.41) is 5.60. The maximum atomic E-state index is 12.2. The maximum absolute atomic E-state index is 12.2. The van der Waals surface area contributed by atoms with E-state index in [-0.39, 0.29) is 11.8 Å². The molecule has 4 aromatic rings. The molecule has 33 heavy (non-hydrogen) atoms. The van der Waals surface area contributed by atoms with Crippen molar-refractivity contribution in [3.05, 3.63) is 84.7 Å². The lowest BCUT2D eigenvalue weighted by molar-refractivity contribution is -0.117. The molecule has 1 saturated carbocycles. The highest BCUT2D eigenvalue weighted by atomic mass is 16.5. The largest absolute Gasteiger partial charge is 0.456 e. The molecule has 0 spiro atoms. The van der Waals surface area contributed by atoms with Crippen LogP contribution < -0.4 is 15.4 Å². The summed E-state index contributed by atoms with van der Waals surface area (Å²) < 4.78 is 7.75. The predicted octanol–water partition coefficient (Wildman–Crippen LogP) is 4.47. The van der Waals surface area contributed by atoms with Gasteiger partial charge < -0.3 is 19.8 Å². The van der Waals surface area contributed by atoms with Crippen LogP contribution in [0.15, 0.2) is 79.1 Å². The van der Waals surface area contributed by atoms with Crippen molar-refractivity contribution in [1.29, 1.82) is 0 Å². The van der Waals surface area contributed by atoms with Gasteiger partial charge in [0, 0.05) is 29.2 Å². The topological polar surface area (TPSA) is 84.7 Å². The maximum Gasteiger partial charge on any atom is 0.300 e. The van der Waals surface area contributed by atoms with Crippen LogP contribution in [-0.4, -0.2) is 21.2 Å². The van der Waals surface area contributed by atoms with Gasteiger partial charge in [-0.3, -0.25) is 9.59 Å². The molecule has 0 radical (unpaired) electrons. The van der Waals surface area contributed by atoms with Gasteiger partial charge in [-0.15, -0.1) is 0 Å². The highest BCUT2D eigenvalue weighted by Gasteiger charge is 2.30. The smallest absolute Gasteiger partial charge is 0.300 e. The Labute approximate surface area is 190 Å². The van der Waals surface area contributed by atoms with Gasteiger partial charge in [-0.2, -0.15) is 0 Å². The number of anilines is 2. The normalized spacial score (nSPS) is 12.5. The standard InChI is InChI=1S/C26H20N4O3/c31-25(14-9-18-5-2-1-3-6-18)27-20-7-4-8-21(15-20)33-22-12-13-24-28-23(17-30(24)16-22)29-26(32)19-10-11-19/h1-8,12-13,15-17,19H,10-11H2,(H,27,31)(H,29,32). The lowest BCUT2D eigenvalue weighted by atomic mass is 10.2. The number of ether oxygens (including phenoxy) is 1. The minimum Gasteiger partial charge on any atom is -0.456 e. The third-order valence-electron chi connectivity index (χ3n) is 5.05. The van der Waals surface area contributed by atoms with E-state index >= 15 is 0 Å². The van der Waals surface area contributed by atoms with E-state index in [1.807, 2.05) is 36.4 Å². The summed E-state index contributed by atoms with van der Waals surface area (Å²) in [6.45, 7) is 0. The van der Waals surface area contributed by atoms with Gasteiger partial charge in [0.15, 0.2) is 5.82 Å². The van der Waals surface area contributed by atoms with Crippen LogP contribution in [0.1, 0.15) is 18.4 Å². The molecule has 162 valence electrons. The summed E-state index contributed by atoms with van der Waals surface area (Å²) in [6.07, 6.45) is 5.42. The minimum absolute atomic E-state index is 0.0159. The van der Waals surface area contributed by atoms with E-state index < -0.39 is 5.91 Å². The predicted molar refractivity (Wildman–Crippen MR) is 125 cm³/mol. The number of pyridine rings is 1. The number of hydrogen-bond acceptors (Lipinski definition) is 4. The first-order chi connectivity index (χ1) is 16.1. The Morgan fingerprint density at radius 2 is 1.79 bits per heavy atom. The van der Waals surface area contributed by atoms with E-state index in [4.69, 9.17) is 4.74 Å². The van der Waals surface area contributed by atoms with Gasteiger partial charge in [0.2, 0.25) is 5.91 Å². The summed E-state index contributed by atoms with van der Waals surface area (Å²) in [6, 6.07) is 20.0. The molecule has 0 saturated heterocycles. The zero-order chi connectivity index (χ0) is 22.6. The number of hydrogen-bond donors (Lipinski definition) is 2. The molecule has 0 bridgehead atoms. The number of nitrogens with one attached hydrogen (secondary N) is 2. The van der Waals surface area contributed by atoms with Gasteiger partial charge >= 0.3 is 5.91 Å². The lowest BCUT2D eigenvalue weighted by Gasteiger charge is -2.08. The van der Waals surface area contributed by atoms with Gasteiger partial charge in [0.05, 0.1) is 12.4 Å². The highest BCUT2D eigenvalue weighted by molar-refractivity contribution is 6.04. The third-order valence-corrected chi connectivity index (χ3v) is 5.05. The molecule has 0 aliphatic heterocycles. The average molecular weight is 436 g/mol. The van der Waals surface area contributed by atoms with Crippen molar-refractivity contribution in [3.63, 3.8) is 0 Å². The van der Waals surface area contributed by atoms with Crippen molar-refractivity contribution in [2.24, 2.45) is 5.92 Å². The van der Waals surface area contributed by atoms with Crippen LogP contribution >= 0.6 is 0 Å². The van der Waals surface area contributed by atoms with Crippen molar-refractivity contribution >= 4 is 29.0 Å². The second-order valence-corrected chi connectivity index (χ2v) is 7.72. The van der Waals surface area contributed by atoms with E-state index in [0.717, 1.165) is 18.4 Å². The van der Waals surface area contributed by atoms with Gasteiger partial charge in [-0.1, -0.05) is 30.2 Å². The molecule has 5 rings (SSSR count). The molecule has 7 nitrogen and oxygen atoms in total. The van der Waals surface area contributed by atoms with Crippen molar-refractivity contribution < 1.29 is 14.3 Å². The molecule has 2 N–H and O–H groups in total. The summed E-state index contributed by atoms with van der Waals surface area (Å²) in [7, 11) is 0. The number of carbonyl (C=O) groups is 2. The van der Waals surface area contributed by atoms with Crippen LogP contribution in [0, 0.1) is 17.8 Å². The van der Waals surface area contributed by atoms with Gasteiger partial charge in [-0.25, -0.2) is 4.98 Å². The van der Waals surface area contributed by atoms with E-state index in [1.54, 1.807) is 47.1 Å².